The van der Waals surface area contributed by atoms with E-state index in [1.54, 1.807) is 24.4 Å². The summed E-state index contributed by atoms with van der Waals surface area (Å²) < 4.78 is 0.805. The number of para-hydroxylation sites is 1. The Bertz CT molecular complexity index is 872. The number of carbonyl (C=O) groups excluding carboxylic acids is 2. The Morgan fingerprint density at radius 3 is 2.74 bits per heavy atom. The highest BCUT2D eigenvalue weighted by molar-refractivity contribution is 9.10. The second-order valence-electron chi connectivity index (χ2n) is 6.22. The van der Waals surface area contributed by atoms with Gasteiger partial charge >= 0.3 is 0 Å². The largest absolute Gasteiger partial charge is 0.338 e. The maximum Gasteiger partial charge on any atom is 0.282 e. The van der Waals surface area contributed by atoms with Crippen LogP contribution in [0, 0.1) is 16.0 Å². The second kappa shape index (κ2) is 8.26. The minimum Gasteiger partial charge on any atom is -0.338 e. The van der Waals surface area contributed by atoms with Gasteiger partial charge in [0.15, 0.2) is 0 Å². The zero-order chi connectivity index (χ0) is 19.4. The van der Waals surface area contributed by atoms with Crippen molar-refractivity contribution in [3.05, 3.63) is 62.7 Å². The fraction of sp³-hybridized carbons (Fsp3) is 0.278. The Kier molecular flexibility index (Phi) is 5.80. The van der Waals surface area contributed by atoms with Gasteiger partial charge in [0.1, 0.15) is 11.4 Å². The molecule has 1 aromatic heterocycles. The number of halogens is 1. The number of anilines is 1. The topological polar surface area (TPSA) is 105 Å². The van der Waals surface area contributed by atoms with Gasteiger partial charge in [0, 0.05) is 29.8 Å². The number of amides is 2. The third kappa shape index (κ3) is 4.48. The van der Waals surface area contributed by atoms with E-state index in [1.807, 2.05) is 0 Å². The second-order valence-corrected chi connectivity index (χ2v) is 7.13. The van der Waals surface area contributed by atoms with E-state index in [2.05, 4.69) is 26.2 Å². The number of hydrogen-bond donors (Lipinski definition) is 1. The Hall–Kier alpha value is -2.81. The molecule has 27 heavy (non-hydrogen) atoms. The first-order valence-electron chi connectivity index (χ1n) is 8.41. The predicted octanol–water partition coefficient (Wildman–Crippen LogP) is 3.24. The van der Waals surface area contributed by atoms with Gasteiger partial charge in [0.05, 0.1) is 10.8 Å². The molecule has 8 nitrogen and oxygen atoms in total. The predicted molar refractivity (Wildman–Crippen MR) is 102 cm³/mol. The van der Waals surface area contributed by atoms with Crippen molar-refractivity contribution >= 4 is 39.2 Å². The highest BCUT2D eigenvalue weighted by Gasteiger charge is 2.31. The van der Waals surface area contributed by atoms with Crippen LogP contribution in [0.1, 0.15) is 23.2 Å². The zero-order valence-corrected chi connectivity index (χ0v) is 15.9. The number of rotatable bonds is 4. The van der Waals surface area contributed by atoms with E-state index in [0.717, 1.165) is 4.47 Å². The van der Waals surface area contributed by atoms with Crippen molar-refractivity contribution in [3.8, 4) is 0 Å². The number of carbonyl (C=O) groups is 2. The molecule has 1 aliphatic heterocycles. The fourth-order valence-corrected chi connectivity index (χ4v) is 3.27. The molecule has 0 radical (unpaired) electrons. The molecule has 3 rings (SSSR count). The number of benzene rings is 1. The number of nitro groups is 1. The van der Waals surface area contributed by atoms with Crippen LogP contribution in [-0.2, 0) is 4.79 Å². The Morgan fingerprint density at radius 2 is 2.04 bits per heavy atom. The minimum absolute atomic E-state index is 0.0399. The highest BCUT2D eigenvalue weighted by atomic mass is 79.9. The smallest absolute Gasteiger partial charge is 0.282 e. The van der Waals surface area contributed by atoms with Crippen molar-refractivity contribution in [2.75, 3.05) is 18.4 Å². The van der Waals surface area contributed by atoms with Crippen LogP contribution in [0.4, 0.5) is 11.5 Å². The number of nitrogens with one attached hydrogen (secondary N) is 1. The molecule has 0 bridgehead atoms. The van der Waals surface area contributed by atoms with Crippen LogP contribution in [0.5, 0.6) is 0 Å². The lowest BCUT2D eigenvalue weighted by molar-refractivity contribution is -0.385. The molecule has 2 heterocycles. The van der Waals surface area contributed by atoms with Crippen LogP contribution >= 0.6 is 15.9 Å². The van der Waals surface area contributed by atoms with Crippen molar-refractivity contribution in [2.24, 2.45) is 5.92 Å². The maximum atomic E-state index is 12.8. The van der Waals surface area contributed by atoms with Crippen LogP contribution in [0.25, 0.3) is 0 Å². The molecule has 1 aromatic carbocycles. The van der Waals surface area contributed by atoms with Gasteiger partial charge in [0.2, 0.25) is 5.91 Å². The molecule has 2 amide bonds. The minimum atomic E-state index is -0.569. The number of piperidine rings is 1. The van der Waals surface area contributed by atoms with Crippen molar-refractivity contribution in [3.63, 3.8) is 0 Å². The highest BCUT2D eigenvalue weighted by Crippen LogP contribution is 2.24. The third-order valence-corrected chi connectivity index (χ3v) is 4.86. The first-order valence-corrected chi connectivity index (χ1v) is 9.20. The summed E-state index contributed by atoms with van der Waals surface area (Å²) in [5.74, 6) is -0.604. The molecule has 0 aliphatic carbocycles. The standard InChI is InChI=1S/C18H17BrN4O4/c19-13-7-8-16(20-10-13)21-17(24)12-4-3-9-22(11-12)18(25)14-5-1-2-6-15(14)23(26)27/h1-2,5-8,10,12H,3-4,9,11H2,(H,20,21,24). The van der Waals surface area contributed by atoms with Gasteiger partial charge < -0.3 is 10.2 Å². The summed E-state index contributed by atoms with van der Waals surface area (Å²) in [6, 6.07) is 9.31. The fourth-order valence-electron chi connectivity index (χ4n) is 3.04. The number of likely N-dealkylation sites (tertiary alicyclic amines) is 1. The lowest BCUT2D eigenvalue weighted by Crippen LogP contribution is -2.44. The average molecular weight is 433 g/mol. The molecule has 0 spiro atoms. The van der Waals surface area contributed by atoms with E-state index >= 15 is 0 Å². The Balaban J connectivity index is 1.70. The van der Waals surface area contributed by atoms with Crippen molar-refractivity contribution < 1.29 is 14.5 Å². The molecule has 2 aromatic rings. The summed E-state index contributed by atoms with van der Waals surface area (Å²) in [7, 11) is 0. The van der Waals surface area contributed by atoms with E-state index in [-0.39, 0.29) is 23.7 Å². The van der Waals surface area contributed by atoms with Gasteiger partial charge in [0.25, 0.3) is 11.6 Å². The molecular formula is C18H17BrN4O4. The van der Waals surface area contributed by atoms with Gasteiger partial charge in [-0.1, -0.05) is 12.1 Å². The van der Waals surface area contributed by atoms with E-state index in [4.69, 9.17) is 0 Å². The van der Waals surface area contributed by atoms with Gasteiger partial charge in [-0.05, 0) is 47.0 Å². The number of aromatic nitrogens is 1. The molecule has 1 aliphatic rings. The van der Waals surface area contributed by atoms with Crippen molar-refractivity contribution in [2.45, 2.75) is 12.8 Å². The number of nitro benzene ring substituents is 1. The van der Waals surface area contributed by atoms with Crippen molar-refractivity contribution in [1.29, 1.82) is 0 Å². The Labute approximate surface area is 163 Å². The maximum absolute atomic E-state index is 12.8. The number of hydrogen-bond acceptors (Lipinski definition) is 5. The molecule has 140 valence electrons. The van der Waals surface area contributed by atoms with Crippen molar-refractivity contribution in [1.82, 2.24) is 9.88 Å². The van der Waals surface area contributed by atoms with Crippen LogP contribution in [0.3, 0.4) is 0 Å². The first-order chi connectivity index (χ1) is 13.0. The lowest BCUT2D eigenvalue weighted by Gasteiger charge is -2.32. The number of pyridine rings is 1. The summed E-state index contributed by atoms with van der Waals surface area (Å²) in [5.41, 5.74) is -0.189. The number of nitrogens with zero attached hydrogens (tertiary/aromatic N) is 3. The molecular weight excluding hydrogens is 416 g/mol. The van der Waals surface area contributed by atoms with Crippen LogP contribution in [0.15, 0.2) is 47.1 Å². The quantitative estimate of drug-likeness (QED) is 0.589. The van der Waals surface area contributed by atoms with E-state index < -0.39 is 16.7 Å². The molecule has 1 atom stereocenters. The van der Waals surface area contributed by atoms with Gasteiger partial charge in [-0.15, -0.1) is 0 Å². The monoisotopic (exact) mass is 432 g/mol. The SMILES string of the molecule is O=C(Nc1ccc(Br)cn1)C1CCCN(C(=O)c2ccccc2[N+](=O)[O-])C1. The normalized spacial score (nSPS) is 16.6. The zero-order valence-electron chi connectivity index (χ0n) is 14.3. The van der Waals surface area contributed by atoms with Gasteiger partial charge in [-0.2, -0.15) is 0 Å². The molecule has 1 N–H and O–H groups in total. The van der Waals surface area contributed by atoms with E-state index in [1.165, 1.54) is 23.1 Å². The summed E-state index contributed by atoms with van der Waals surface area (Å²) >= 11 is 3.28. The van der Waals surface area contributed by atoms with Crippen LogP contribution in [-0.4, -0.2) is 39.7 Å². The van der Waals surface area contributed by atoms with Crippen LogP contribution in [0.2, 0.25) is 0 Å². The first kappa shape index (κ1) is 19.0. The molecule has 0 saturated carbocycles. The Morgan fingerprint density at radius 1 is 1.26 bits per heavy atom. The lowest BCUT2D eigenvalue weighted by atomic mass is 9.96. The summed E-state index contributed by atoms with van der Waals surface area (Å²) in [4.78, 5) is 41.5. The molecule has 1 unspecified atom stereocenters. The summed E-state index contributed by atoms with van der Waals surface area (Å²) in [6.07, 6.45) is 2.88. The molecule has 1 fully saturated rings. The molecule has 1 saturated heterocycles. The van der Waals surface area contributed by atoms with Gasteiger partial charge in [-0.3, -0.25) is 19.7 Å². The molecule has 9 heteroatoms. The van der Waals surface area contributed by atoms with Gasteiger partial charge in [-0.25, -0.2) is 4.98 Å². The average Bonchev–Trinajstić information content (AvgIpc) is 2.69. The van der Waals surface area contributed by atoms with E-state index in [9.17, 15) is 19.7 Å². The van der Waals surface area contributed by atoms with E-state index in [0.29, 0.717) is 25.2 Å². The summed E-state index contributed by atoms with van der Waals surface area (Å²) in [6.45, 7) is 0.679. The third-order valence-electron chi connectivity index (χ3n) is 4.39. The van der Waals surface area contributed by atoms with Crippen LogP contribution < -0.4 is 5.32 Å². The summed E-state index contributed by atoms with van der Waals surface area (Å²) in [5, 5.41) is 13.9.